The predicted molar refractivity (Wildman–Crippen MR) is 87.8 cm³/mol. The van der Waals surface area contributed by atoms with E-state index in [1.807, 2.05) is 13.8 Å². The molecule has 122 valence electrons. The van der Waals surface area contributed by atoms with Crippen molar-refractivity contribution in [2.45, 2.75) is 40.0 Å². The Morgan fingerprint density at radius 3 is 2.68 bits per heavy atom. The highest BCUT2D eigenvalue weighted by atomic mass is 16.1. The summed E-state index contributed by atoms with van der Waals surface area (Å²) in [5.74, 6) is 1.64. The highest BCUT2D eigenvalue weighted by Gasteiger charge is 2.21. The Morgan fingerprint density at radius 2 is 2.05 bits per heavy atom. The molecule has 2 heterocycles. The van der Waals surface area contributed by atoms with Crippen molar-refractivity contribution >= 4 is 5.91 Å². The summed E-state index contributed by atoms with van der Waals surface area (Å²) < 4.78 is 0. The molecule has 22 heavy (non-hydrogen) atoms. The highest BCUT2D eigenvalue weighted by molar-refractivity contribution is 5.95. The maximum Gasteiger partial charge on any atom is 0.254 e. The molecule has 1 saturated heterocycles. The maximum absolute atomic E-state index is 12.3. The van der Waals surface area contributed by atoms with Crippen molar-refractivity contribution in [3.8, 4) is 0 Å². The maximum atomic E-state index is 12.3. The minimum atomic E-state index is -0.0672. The number of hydrogen-bond acceptors (Lipinski definition) is 4. The van der Waals surface area contributed by atoms with Crippen LogP contribution in [0.2, 0.25) is 0 Å². The number of carbonyl (C=O) groups is 1. The number of nitrogens with zero attached hydrogens (tertiary/aromatic N) is 3. The molecule has 0 aliphatic carbocycles. The molecule has 0 aromatic carbocycles. The first-order chi connectivity index (χ1) is 10.5. The molecule has 1 N–H and O–H groups in total. The van der Waals surface area contributed by atoms with Gasteiger partial charge in [0.2, 0.25) is 0 Å². The third-order valence-corrected chi connectivity index (χ3v) is 4.19. The van der Waals surface area contributed by atoms with Crippen molar-refractivity contribution in [2.75, 3.05) is 26.2 Å². The van der Waals surface area contributed by atoms with Gasteiger partial charge in [-0.05, 0) is 24.2 Å². The Bertz CT molecular complexity index is 493. The smallest absolute Gasteiger partial charge is 0.254 e. The molecule has 2 rings (SSSR count). The highest BCUT2D eigenvalue weighted by Crippen LogP contribution is 2.20. The normalized spacial score (nSPS) is 22.8. The lowest BCUT2D eigenvalue weighted by Gasteiger charge is -2.34. The Labute approximate surface area is 133 Å². The Hall–Kier alpha value is -1.49. The predicted octanol–water partition coefficient (Wildman–Crippen LogP) is 2.31. The number of rotatable bonds is 5. The van der Waals surface area contributed by atoms with E-state index in [-0.39, 0.29) is 11.8 Å². The van der Waals surface area contributed by atoms with Gasteiger partial charge in [-0.3, -0.25) is 4.79 Å². The molecule has 1 aromatic rings. The summed E-state index contributed by atoms with van der Waals surface area (Å²) in [6, 6.07) is 0. The fraction of sp³-hybridized carbons (Fsp3) is 0.706. The van der Waals surface area contributed by atoms with Gasteiger partial charge in [0.15, 0.2) is 0 Å². The molecule has 0 bridgehead atoms. The van der Waals surface area contributed by atoms with Crippen LogP contribution in [0.25, 0.3) is 0 Å². The Kier molecular flexibility index (Phi) is 5.89. The first-order valence-electron chi connectivity index (χ1n) is 8.27. The summed E-state index contributed by atoms with van der Waals surface area (Å²) in [5, 5.41) is 3.01. The van der Waals surface area contributed by atoms with Gasteiger partial charge in [0.05, 0.1) is 11.3 Å². The van der Waals surface area contributed by atoms with E-state index < -0.39 is 0 Å². The zero-order valence-corrected chi connectivity index (χ0v) is 14.2. The summed E-state index contributed by atoms with van der Waals surface area (Å²) >= 11 is 0. The molecular weight excluding hydrogens is 276 g/mol. The molecule has 2 atom stereocenters. The van der Waals surface area contributed by atoms with Crippen LogP contribution in [0.4, 0.5) is 0 Å². The standard InChI is InChI=1S/C17H28N4O/c1-12(2)16-15(8-18-11-20-16)17(22)19-5-6-21-9-13(3)7-14(4)10-21/h8,11-14H,5-7,9-10H2,1-4H3,(H,19,22). The largest absolute Gasteiger partial charge is 0.351 e. The van der Waals surface area contributed by atoms with E-state index in [9.17, 15) is 4.79 Å². The molecule has 5 nitrogen and oxygen atoms in total. The van der Waals surface area contributed by atoms with E-state index in [0.29, 0.717) is 12.1 Å². The fourth-order valence-corrected chi connectivity index (χ4v) is 3.37. The summed E-state index contributed by atoms with van der Waals surface area (Å²) in [6.45, 7) is 12.5. The van der Waals surface area contributed by atoms with Crippen LogP contribution in [-0.4, -0.2) is 47.0 Å². The fourth-order valence-electron chi connectivity index (χ4n) is 3.37. The quantitative estimate of drug-likeness (QED) is 0.907. The van der Waals surface area contributed by atoms with Crippen LogP contribution in [0.3, 0.4) is 0 Å². The van der Waals surface area contributed by atoms with Crippen LogP contribution < -0.4 is 5.32 Å². The molecule has 5 heteroatoms. The topological polar surface area (TPSA) is 58.1 Å². The van der Waals surface area contributed by atoms with Crippen LogP contribution >= 0.6 is 0 Å². The average molecular weight is 304 g/mol. The molecule has 2 unspecified atom stereocenters. The van der Waals surface area contributed by atoms with Crippen LogP contribution in [0, 0.1) is 11.8 Å². The van der Waals surface area contributed by atoms with E-state index >= 15 is 0 Å². The summed E-state index contributed by atoms with van der Waals surface area (Å²) in [4.78, 5) is 23.0. The molecule has 0 spiro atoms. The molecule has 0 radical (unpaired) electrons. The molecule has 1 aromatic heterocycles. The van der Waals surface area contributed by atoms with Gasteiger partial charge in [-0.15, -0.1) is 0 Å². The Morgan fingerprint density at radius 1 is 1.36 bits per heavy atom. The van der Waals surface area contributed by atoms with Gasteiger partial charge in [0.1, 0.15) is 6.33 Å². The number of amides is 1. The van der Waals surface area contributed by atoms with E-state index in [0.717, 1.165) is 37.2 Å². The van der Waals surface area contributed by atoms with Gasteiger partial charge in [0, 0.05) is 32.4 Å². The van der Waals surface area contributed by atoms with Gasteiger partial charge >= 0.3 is 0 Å². The zero-order valence-electron chi connectivity index (χ0n) is 14.2. The average Bonchev–Trinajstić information content (AvgIpc) is 2.46. The molecule has 1 fully saturated rings. The van der Waals surface area contributed by atoms with Crippen molar-refractivity contribution in [2.24, 2.45) is 11.8 Å². The van der Waals surface area contributed by atoms with Gasteiger partial charge in [-0.25, -0.2) is 9.97 Å². The van der Waals surface area contributed by atoms with Crippen LogP contribution in [0.1, 0.15) is 56.1 Å². The second kappa shape index (κ2) is 7.68. The minimum Gasteiger partial charge on any atom is -0.351 e. The van der Waals surface area contributed by atoms with Crippen molar-refractivity contribution < 1.29 is 4.79 Å². The van der Waals surface area contributed by atoms with Crippen molar-refractivity contribution in [1.29, 1.82) is 0 Å². The van der Waals surface area contributed by atoms with Crippen LogP contribution in [0.5, 0.6) is 0 Å². The molecule has 1 aliphatic rings. The van der Waals surface area contributed by atoms with Gasteiger partial charge in [-0.1, -0.05) is 27.7 Å². The molecule has 1 amide bonds. The first-order valence-corrected chi connectivity index (χ1v) is 8.27. The van der Waals surface area contributed by atoms with E-state index in [1.54, 1.807) is 6.20 Å². The zero-order chi connectivity index (χ0) is 16.1. The summed E-state index contributed by atoms with van der Waals surface area (Å²) in [5.41, 5.74) is 1.41. The van der Waals surface area contributed by atoms with Gasteiger partial charge < -0.3 is 10.2 Å². The molecule has 1 aliphatic heterocycles. The second-order valence-corrected chi connectivity index (χ2v) is 6.94. The monoisotopic (exact) mass is 304 g/mol. The van der Waals surface area contributed by atoms with Crippen LogP contribution in [-0.2, 0) is 0 Å². The van der Waals surface area contributed by atoms with Crippen LogP contribution in [0.15, 0.2) is 12.5 Å². The SMILES string of the molecule is CC1CC(C)CN(CCNC(=O)c2cncnc2C(C)C)C1. The van der Waals surface area contributed by atoms with E-state index in [1.165, 1.54) is 12.7 Å². The van der Waals surface area contributed by atoms with Crippen molar-refractivity contribution in [1.82, 2.24) is 20.2 Å². The lowest BCUT2D eigenvalue weighted by molar-refractivity contribution is 0.0934. The van der Waals surface area contributed by atoms with Crippen molar-refractivity contribution in [3.05, 3.63) is 23.8 Å². The molecule has 0 saturated carbocycles. The molecular formula is C17H28N4O. The second-order valence-electron chi connectivity index (χ2n) is 6.94. The number of hydrogen-bond donors (Lipinski definition) is 1. The minimum absolute atomic E-state index is 0.0672. The lowest BCUT2D eigenvalue weighted by Crippen LogP contribution is -2.43. The number of carbonyl (C=O) groups excluding carboxylic acids is 1. The number of aromatic nitrogens is 2. The first kappa shape index (κ1) is 16.9. The van der Waals surface area contributed by atoms with Gasteiger partial charge in [0.25, 0.3) is 5.91 Å². The Balaban J connectivity index is 1.86. The summed E-state index contributed by atoms with van der Waals surface area (Å²) in [6.07, 6.45) is 4.42. The van der Waals surface area contributed by atoms with Gasteiger partial charge in [-0.2, -0.15) is 0 Å². The third-order valence-electron chi connectivity index (χ3n) is 4.19. The van der Waals surface area contributed by atoms with Crippen molar-refractivity contribution in [3.63, 3.8) is 0 Å². The third kappa shape index (κ3) is 4.50. The van der Waals surface area contributed by atoms with E-state index in [4.69, 9.17) is 0 Å². The number of likely N-dealkylation sites (tertiary alicyclic amines) is 1. The van der Waals surface area contributed by atoms with E-state index in [2.05, 4.69) is 34.0 Å². The summed E-state index contributed by atoms with van der Waals surface area (Å²) in [7, 11) is 0. The number of nitrogens with one attached hydrogen (secondary N) is 1. The lowest BCUT2D eigenvalue weighted by atomic mass is 9.92. The number of piperidine rings is 1.